The van der Waals surface area contributed by atoms with E-state index in [0.717, 1.165) is 38.3 Å². The summed E-state index contributed by atoms with van der Waals surface area (Å²) in [7, 11) is 0. The van der Waals surface area contributed by atoms with Gasteiger partial charge in [0.25, 0.3) is 0 Å². The van der Waals surface area contributed by atoms with Crippen LogP contribution in [0.15, 0.2) is 30.3 Å². The Morgan fingerprint density at radius 2 is 2.18 bits per heavy atom. The molecule has 17 heavy (non-hydrogen) atoms. The second kappa shape index (κ2) is 6.62. The molecule has 2 atom stereocenters. The fourth-order valence-electron chi connectivity index (χ4n) is 2.07. The molecule has 3 nitrogen and oxygen atoms in total. The lowest BCUT2D eigenvalue weighted by atomic mass is 10.1. The highest BCUT2D eigenvalue weighted by molar-refractivity contribution is 5.20. The van der Waals surface area contributed by atoms with Gasteiger partial charge in [0.15, 0.2) is 0 Å². The van der Waals surface area contributed by atoms with Crippen LogP contribution in [0.5, 0.6) is 5.75 Å². The Bertz CT molecular complexity index is 315. The van der Waals surface area contributed by atoms with Crippen LogP contribution < -0.4 is 10.1 Å². The summed E-state index contributed by atoms with van der Waals surface area (Å²) in [5, 5.41) is 3.51. The average Bonchev–Trinajstić information content (AvgIpc) is 2.76. The van der Waals surface area contributed by atoms with Crippen molar-refractivity contribution in [1.82, 2.24) is 5.32 Å². The molecule has 0 amide bonds. The lowest BCUT2D eigenvalue weighted by Crippen LogP contribution is -2.35. The molecule has 0 bridgehead atoms. The van der Waals surface area contributed by atoms with Crippen molar-refractivity contribution in [2.75, 3.05) is 19.8 Å². The fourth-order valence-corrected chi connectivity index (χ4v) is 2.07. The van der Waals surface area contributed by atoms with Crippen molar-refractivity contribution in [2.45, 2.75) is 31.9 Å². The summed E-state index contributed by atoms with van der Waals surface area (Å²) < 4.78 is 11.1. The quantitative estimate of drug-likeness (QED) is 0.767. The minimum Gasteiger partial charge on any atom is -0.494 e. The molecule has 0 spiro atoms. The number of para-hydroxylation sites is 1. The molecule has 0 saturated carbocycles. The molecular formula is C14H21NO2. The van der Waals surface area contributed by atoms with Crippen LogP contribution in [0.2, 0.25) is 0 Å². The number of nitrogens with one attached hydrogen (secondary N) is 1. The van der Waals surface area contributed by atoms with Gasteiger partial charge in [0.1, 0.15) is 5.75 Å². The summed E-state index contributed by atoms with van der Waals surface area (Å²) in [6.45, 7) is 4.77. The van der Waals surface area contributed by atoms with Crippen LogP contribution in [0, 0.1) is 0 Å². The first-order chi connectivity index (χ1) is 8.36. The van der Waals surface area contributed by atoms with Gasteiger partial charge in [-0.05, 0) is 38.4 Å². The van der Waals surface area contributed by atoms with Crippen LogP contribution in [0.4, 0.5) is 0 Å². The van der Waals surface area contributed by atoms with Gasteiger partial charge in [-0.25, -0.2) is 0 Å². The largest absolute Gasteiger partial charge is 0.494 e. The molecule has 1 fully saturated rings. The van der Waals surface area contributed by atoms with Crippen LogP contribution in [-0.4, -0.2) is 31.9 Å². The zero-order chi connectivity index (χ0) is 11.9. The van der Waals surface area contributed by atoms with Crippen molar-refractivity contribution in [3.8, 4) is 5.75 Å². The Morgan fingerprint density at radius 3 is 2.88 bits per heavy atom. The van der Waals surface area contributed by atoms with Gasteiger partial charge in [-0.1, -0.05) is 18.2 Å². The molecule has 2 unspecified atom stereocenters. The first kappa shape index (κ1) is 12.4. The van der Waals surface area contributed by atoms with E-state index in [4.69, 9.17) is 9.47 Å². The smallest absolute Gasteiger partial charge is 0.119 e. The maximum Gasteiger partial charge on any atom is 0.119 e. The van der Waals surface area contributed by atoms with Gasteiger partial charge in [0.05, 0.1) is 12.7 Å². The van der Waals surface area contributed by atoms with Crippen LogP contribution in [0.3, 0.4) is 0 Å². The van der Waals surface area contributed by atoms with Crippen LogP contribution in [0.1, 0.15) is 19.8 Å². The topological polar surface area (TPSA) is 30.5 Å². The molecule has 1 aliphatic rings. The molecule has 1 aliphatic heterocycles. The highest BCUT2D eigenvalue weighted by Crippen LogP contribution is 2.12. The minimum atomic E-state index is 0.352. The lowest BCUT2D eigenvalue weighted by Gasteiger charge is -2.15. The van der Waals surface area contributed by atoms with Gasteiger partial charge >= 0.3 is 0 Å². The fraction of sp³-hybridized carbons (Fsp3) is 0.571. The van der Waals surface area contributed by atoms with Gasteiger partial charge < -0.3 is 14.8 Å². The first-order valence-corrected chi connectivity index (χ1v) is 6.39. The van der Waals surface area contributed by atoms with Gasteiger partial charge in [0.2, 0.25) is 0 Å². The van der Waals surface area contributed by atoms with E-state index in [1.807, 2.05) is 30.3 Å². The van der Waals surface area contributed by atoms with E-state index in [0.29, 0.717) is 12.1 Å². The Morgan fingerprint density at radius 1 is 1.35 bits per heavy atom. The summed E-state index contributed by atoms with van der Waals surface area (Å²) in [5.74, 6) is 0.949. The van der Waals surface area contributed by atoms with E-state index < -0.39 is 0 Å². The monoisotopic (exact) mass is 235 g/mol. The molecule has 1 heterocycles. The maximum absolute atomic E-state index is 5.63. The molecule has 1 aromatic carbocycles. The third-order valence-corrected chi connectivity index (χ3v) is 3.12. The summed E-state index contributed by atoms with van der Waals surface area (Å²) >= 11 is 0. The van der Waals surface area contributed by atoms with Gasteiger partial charge in [-0.3, -0.25) is 0 Å². The molecular weight excluding hydrogens is 214 g/mol. The average molecular weight is 235 g/mol. The number of hydrogen-bond donors (Lipinski definition) is 1. The molecule has 0 aromatic heterocycles. The Kier molecular flexibility index (Phi) is 4.83. The lowest BCUT2D eigenvalue weighted by molar-refractivity contribution is 0.113. The van der Waals surface area contributed by atoms with Crippen molar-refractivity contribution in [3.05, 3.63) is 30.3 Å². The Labute approximate surface area is 103 Å². The van der Waals surface area contributed by atoms with Crippen LogP contribution in [0.25, 0.3) is 0 Å². The SMILES string of the molecule is CC1OCCC1NCCCOc1ccccc1. The van der Waals surface area contributed by atoms with Gasteiger partial charge in [-0.15, -0.1) is 0 Å². The summed E-state index contributed by atoms with van der Waals surface area (Å²) in [4.78, 5) is 0. The number of benzene rings is 1. The summed E-state index contributed by atoms with van der Waals surface area (Å²) in [6.07, 6.45) is 2.50. The predicted octanol–water partition coefficient (Wildman–Crippen LogP) is 2.22. The maximum atomic E-state index is 5.63. The normalized spacial score (nSPS) is 23.8. The highest BCUT2D eigenvalue weighted by Gasteiger charge is 2.22. The van der Waals surface area contributed by atoms with Gasteiger partial charge in [-0.2, -0.15) is 0 Å². The second-order valence-electron chi connectivity index (χ2n) is 4.44. The molecule has 94 valence electrons. The molecule has 0 aliphatic carbocycles. The third kappa shape index (κ3) is 4.02. The zero-order valence-corrected chi connectivity index (χ0v) is 10.4. The van der Waals surface area contributed by atoms with E-state index in [1.165, 1.54) is 0 Å². The molecule has 2 rings (SSSR count). The Hall–Kier alpha value is -1.06. The van der Waals surface area contributed by atoms with E-state index >= 15 is 0 Å². The Balaban J connectivity index is 1.55. The molecule has 1 aromatic rings. The highest BCUT2D eigenvalue weighted by atomic mass is 16.5. The van der Waals surface area contributed by atoms with E-state index in [9.17, 15) is 0 Å². The van der Waals surface area contributed by atoms with Crippen LogP contribution in [-0.2, 0) is 4.74 Å². The van der Waals surface area contributed by atoms with E-state index in [1.54, 1.807) is 0 Å². The predicted molar refractivity (Wildman–Crippen MR) is 68.4 cm³/mol. The van der Waals surface area contributed by atoms with E-state index in [2.05, 4.69) is 12.2 Å². The standard InChI is InChI=1S/C14H21NO2/c1-12-14(8-11-16-12)15-9-5-10-17-13-6-3-2-4-7-13/h2-4,6-7,12,14-15H,5,8-11H2,1H3. The van der Waals surface area contributed by atoms with Gasteiger partial charge in [0, 0.05) is 12.6 Å². The molecule has 1 saturated heterocycles. The molecule has 0 radical (unpaired) electrons. The summed E-state index contributed by atoms with van der Waals surface area (Å²) in [5.41, 5.74) is 0. The zero-order valence-electron chi connectivity index (χ0n) is 10.4. The van der Waals surface area contributed by atoms with Crippen molar-refractivity contribution < 1.29 is 9.47 Å². The van der Waals surface area contributed by atoms with Crippen molar-refractivity contribution in [2.24, 2.45) is 0 Å². The molecule has 3 heteroatoms. The number of hydrogen-bond acceptors (Lipinski definition) is 3. The minimum absolute atomic E-state index is 0.352. The second-order valence-corrected chi connectivity index (χ2v) is 4.44. The van der Waals surface area contributed by atoms with Crippen molar-refractivity contribution in [3.63, 3.8) is 0 Å². The summed E-state index contributed by atoms with van der Waals surface area (Å²) in [6, 6.07) is 10.5. The third-order valence-electron chi connectivity index (χ3n) is 3.12. The van der Waals surface area contributed by atoms with E-state index in [-0.39, 0.29) is 0 Å². The number of ether oxygens (including phenoxy) is 2. The van der Waals surface area contributed by atoms with Crippen LogP contribution >= 0.6 is 0 Å². The van der Waals surface area contributed by atoms with Crippen molar-refractivity contribution >= 4 is 0 Å². The van der Waals surface area contributed by atoms with Crippen molar-refractivity contribution in [1.29, 1.82) is 0 Å². The molecule has 1 N–H and O–H groups in total. The number of rotatable bonds is 6. The first-order valence-electron chi connectivity index (χ1n) is 6.39.